The molecular formula is C13H21NO5. The molecule has 19 heavy (non-hydrogen) atoms. The third-order valence-corrected chi connectivity index (χ3v) is 4.00. The van der Waals surface area contributed by atoms with E-state index in [2.05, 4.69) is 0 Å². The van der Waals surface area contributed by atoms with E-state index in [-0.39, 0.29) is 17.9 Å². The van der Waals surface area contributed by atoms with Crippen LogP contribution in [0.4, 0.5) is 0 Å². The number of amides is 1. The Kier molecular flexibility index (Phi) is 3.14. The fraction of sp³-hybridized carbons (Fsp3) is 0.846. The second-order valence-corrected chi connectivity index (χ2v) is 6.39. The normalized spacial score (nSPS) is 38.5. The molecule has 108 valence electrons. The highest BCUT2D eigenvalue weighted by Gasteiger charge is 2.69. The van der Waals surface area contributed by atoms with Gasteiger partial charge in [0, 0.05) is 5.41 Å². The molecule has 6 heteroatoms. The van der Waals surface area contributed by atoms with Crippen LogP contribution in [-0.2, 0) is 19.1 Å². The van der Waals surface area contributed by atoms with Crippen LogP contribution >= 0.6 is 0 Å². The van der Waals surface area contributed by atoms with Gasteiger partial charge in [-0.15, -0.1) is 0 Å². The maximum absolute atomic E-state index is 12.4. The van der Waals surface area contributed by atoms with Gasteiger partial charge in [0.05, 0.1) is 19.6 Å². The standard InChI is InChI=1S/C13H21NO5/c1-7-8(15)13(11(17)18-5)6-19-10(12(2,3)4)14(13)9(7)16/h7-8,10,15H,6H2,1-5H3/t7-,8+,10+,13+/m0/s1. The maximum atomic E-state index is 12.4. The molecule has 0 aromatic carbocycles. The summed E-state index contributed by atoms with van der Waals surface area (Å²) in [7, 11) is 1.25. The lowest BCUT2D eigenvalue weighted by atomic mass is 9.89. The number of rotatable bonds is 1. The molecule has 2 heterocycles. The molecule has 2 rings (SSSR count). The highest BCUT2D eigenvalue weighted by atomic mass is 16.6. The summed E-state index contributed by atoms with van der Waals surface area (Å²) in [5, 5.41) is 10.3. The Balaban J connectivity index is 2.51. The van der Waals surface area contributed by atoms with Crippen LogP contribution in [0.25, 0.3) is 0 Å². The van der Waals surface area contributed by atoms with Crippen molar-refractivity contribution in [1.82, 2.24) is 4.90 Å². The summed E-state index contributed by atoms with van der Waals surface area (Å²) in [6, 6.07) is 0. The highest BCUT2D eigenvalue weighted by Crippen LogP contribution is 2.46. The number of carbonyl (C=O) groups is 2. The van der Waals surface area contributed by atoms with Gasteiger partial charge in [0.25, 0.3) is 0 Å². The third-order valence-electron chi connectivity index (χ3n) is 4.00. The first kappa shape index (κ1) is 14.3. The van der Waals surface area contributed by atoms with Crippen molar-refractivity contribution in [2.45, 2.75) is 45.6 Å². The molecule has 0 saturated carbocycles. The van der Waals surface area contributed by atoms with Gasteiger partial charge in [0.2, 0.25) is 5.91 Å². The molecule has 0 unspecified atom stereocenters. The van der Waals surface area contributed by atoms with Crippen LogP contribution in [0, 0.1) is 11.3 Å². The van der Waals surface area contributed by atoms with Crippen molar-refractivity contribution in [2.24, 2.45) is 11.3 Å². The summed E-state index contributed by atoms with van der Waals surface area (Å²) in [6.45, 7) is 7.36. The monoisotopic (exact) mass is 271 g/mol. The van der Waals surface area contributed by atoms with E-state index in [1.54, 1.807) is 6.92 Å². The highest BCUT2D eigenvalue weighted by molar-refractivity contribution is 5.95. The Hall–Kier alpha value is -1.14. The number of carbonyl (C=O) groups excluding carboxylic acids is 2. The molecule has 2 aliphatic heterocycles. The molecular weight excluding hydrogens is 250 g/mol. The molecule has 1 N–H and O–H groups in total. The molecule has 2 fully saturated rings. The topological polar surface area (TPSA) is 76.1 Å². The van der Waals surface area contributed by atoms with E-state index >= 15 is 0 Å². The van der Waals surface area contributed by atoms with Crippen LogP contribution in [0.2, 0.25) is 0 Å². The van der Waals surface area contributed by atoms with Gasteiger partial charge in [-0.3, -0.25) is 9.69 Å². The molecule has 0 aromatic heterocycles. The molecule has 2 saturated heterocycles. The van der Waals surface area contributed by atoms with Gasteiger partial charge in [0.15, 0.2) is 5.54 Å². The number of nitrogens with zero attached hydrogens (tertiary/aromatic N) is 1. The van der Waals surface area contributed by atoms with Gasteiger partial charge in [-0.2, -0.15) is 0 Å². The Morgan fingerprint density at radius 2 is 2.11 bits per heavy atom. The van der Waals surface area contributed by atoms with Crippen LogP contribution in [-0.4, -0.2) is 53.5 Å². The number of hydrogen-bond donors (Lipinski definition) is 1. The van der Waals surface area contributed by atoms with Crippen molar-refractivity contribution in [2.75, 3.05) is 13.7 Å². The molecule has 4 atom stereocenters. The predicted molar refractivity (Wildman–Crippen MR) is 66.0 cm³/mol. The number of hydrogen-bond acceptors (Lipinski definition) is 5. The van der Waals surface area contributed by atoms with E-state index in [0.717, 1.165) is 0 Å². The van der Waals surface area contributed by atoms with Crippen LogP contribution < -0.4 is 0 Å². The van der Waals surface area contributed by atoms with E-state index in [9.17, 15) is 14.7 Å². The van der Waals surface area contributed by atoms with Gasteiger partial charge in [-0.1, -0.05) is 27.7 Å². The molecule has 2 aliphatic rings. The number of aliphatic hydroxyl groups excluding tert-OH is 1. The fourth-order valence-electron chi connectivity index (χ4n) is 2.96. The summed E-state index contributed by atoms with van der Waals surface area (Å²) in [5.41, 5.74) is -1.75. The lowest BCUT2D eigenvalue weighted by molar-refractivity contribution is -0.161. The Bertz CT molecular complexity index is 416. The van der Waals surface area contributed by atoms with E-state index in [0.29, 0.717) is 0 Å². The van der Waals surface area contributed by atoms with Crippen molar-refractivity contribution in [3.63, 3.8) is 0 Å². The quantitative estimate of drug-likeness (QED) is 0.687. The average Bonchev–Trinajstić information content (AvgIpc) is 2.82. The summed E-state index contributed by atoms with van der Waals surface area (Å²) < 4.78 is 10.4. The lowest BCUT2D eigenvalue weighted by Crippen LogP contribution is -2.59. The Labute approximate surface area is 112 Å². The van der Waals surface area contributed by atoms with E-state index < -0.39 is 29.8 Å². The minimum absolute atomic E-state index is 0.0289. The Morgan fingerprint density at radius 1 is 1.53 bits per heavy atom. The van der Waals surface area contributed by atoms with Crippen LogP contribution in [0.1, 0.15) is 27.7 Å². The molecule has 0 radical (unpaired) electrons. The van der Waals surface area contributed by atoms with E-state index in [1.807, 2.05) is 20.8 Å². The third kappa shape index (κ3) is 1.70. The zero-order valence-electron chi connectivity index (χ0n) is 12.0. The average molecular weight is 271 g/mol. The first-order valence-electron chi connectivity index (χ1n) is 6.39. The second-order valence-electron chi connectivity index (χ2n) is 6.39. The molecule has 6 nitrogen and oxygen atoms in total. The smallest absolute Gasteiger partial charge is 0.337 e. The van der Waals surface area contributed by atoms with Crippen molar-refractivity contribution < 1.29 is 24.2 Å². The van der Waals surface area contributed by atoms with Crippen LogP contribution in [0.3, 0.4) is 0 Å². The van der Waals surface area contributed by atoms with Gasteiger partial charge in [-0.05, 0) is 0 Å². The SMILES string of the molecule is COC(=O)[C@]12CO[C@H](C(C)(C)C)N1C(=O)[C@@H](C)[C@H]2O. The zero-order valence-corrected chi connectivity index (χ0v) is 12.0. The summed E-state index contributed by atoms with van der Waals surface area (Å²) in [6.07, 6.45) is -1.65. The largest absolute Gasteiger partial charge is 0.467 e. The van der Waals surface area contributed by atoms with Crippen LogP contribution in [0.5, 0.6) is 0 Å². The summed E-state index contributed by atoms with van der Waals surface area (Å²) >= 11 is 0. The van der Waals surface area contributed by atoms with E-state index in [4.69, 9.17) is 9.47 Å². The van der Waals surface area contributed by atoms with Crippen molar-refractivity contribution >= 4 is 11.9 Å². The summed E-state index contributed by atoms with van der Waals surface area (Å²) in [4.78, 5) is 25.9. The second kappa shape index (κ2) is 4.18. The number of ether oxygens (including phenoxy) is 2. The minimum Gasteiger partial charge on any atom is -0.467 e. The van der Waals surface area contributed by atoms with E-state index in [1.165, 1.54) is 12.0 Å². The molecule has 0 aromatic rings. The molecule has 0 aliphatic carbocycles. The first-order valence-corrected chi connectivity index (χ1v) is 6.39. The lowest BCUT2D eigenvalue weighted by Gasteiger charge is -2.36. The summed E-state index contributed by atoms with van der Waals surface area (Å²) in [5.74, 6) is -1.52. The molecule has 1 amide bonds. The fourth-order valence-corrected chi connectivity index (χ4v) is 2.96. The first-order chi connectivity index (χ1) is 8.67. The van der Waals surface area contributed by atoms with Crippen molar-refractivity contribution in [3.05, 3.63) is 0 Å². The predicted octanol–water partition coefficient (Wildman–Crippen LogP) is 0.140. The van der Waals surface area contributed by atoms with Crippen LogP contribution in [0.15, 0.2) is 0 Å². The van der Waals surface area contributed by atoms with Gasteiger partial charge < -0.3 is 14.6 Å². The number of esters is 1. The zero-order chi connectivity index (χ0) is 14.6. The van der Waals surface area contributed by atoms with Crippen molar-refractivity contribution in [1.29, 1.82) is 0 Å². The molecule has 0 bridgehead atoms. The number of aliphatic hydroxyl groups is 1. The molecule has 0 spiro atoms. The number of methoxy groups -OCH3 is 1. The van der Waals surface area contributed by atoms with Gasteiger partial charge >= 0.3 is 5.97 Å². The minimum atomic E-state index is -1.40. The maximum Gasteiger partial charge on any atom is 0.337 e. The number of fused-ring (bicyclic) bond motifs is 1. The van der Waals surface area contributed by atoms with Gasteiger partial charge in [0.1, 0.15) is 12.3 Å². The van der Waals surface area contributed by atoms with Crippen molar-refractivity contribution in [3.8, 4) is 0 Å². The van der Waals surface area contributed by atoms with Gasteiger partial charge in [-0.25, -0.2) is 4.79 Å². The Morgan fingerprint density at radius 3 is 2.58 bits per heavy atom.